The van der Waals surface area contributed by atoms with Gasteiger partial charge in [0.15, 0.2) is 17.6 Å². The summed E-state index contributed by atoms with van der Waals surface area (Å²) in [5.74, 6) is -0.0769. The number of anilines is 2. The van der Waals surface area contributed by atoms with Gasteiger partial charge in [0, 0.05) is 16.5 Å². The molecule has 0 aliphatic carbocycles. The highest BCUT2D eigenvalue weighted by molar-refractivity contribution is 6.38. The zero-order valence-electron chi connectivity index (χ0n) is 35.0. The molecule has 1 unspecified atom stereocenters. The molecule has 57 heavy (non-hydrogen) atoms. The number of aryl methyl sites for hydroxylation is 2. The molecule has 318 valence electrons. The van der Waals surface area contributed by atoms with Crippen LogP contribution in [0.4, 0.5) is 11.4 Å². The number of carbonyl (C=O) groups excluding carboxylic acids is 2. The summed E-state index contributed by atoms with van der Waals surface area (Å²) in [6.45, 7) is 12.1. The first kappa shape index (κ1) is 50.3. The fraction of sp³-hybridized carbons (Fsp3) is 0.565. The first-order valence-electron chi connectivity index (χ1n) is 21.0. The van der Waals surface area contributed by atoms with E-state index in [1.165, 1.54) is 76.7 Å². The van der Waals surface area contributed by atoms with E-state index in [1.54, 1.807) is 6.07 Å². The van der Waals surface area contributed by atoms with Crippen LogP contribution in [0.2, 0.25) is 20.1 Å². The highest BCUT2D eigenvalue weighted by atomic mass is 35.5. The highest BCUT2D eigenvalue weighted by Gasteiger charge is 2.24. The van der Waals surface area contributed by atoms with Crippen molar-refractivity contribution in [2.24, 2.45) is 0 Å². The van der Waals surface area contributed by atoms with E-state index in [1.807, 2.05) is 45.9 Å². The van der Waals surface area contributed by atoms with Crippen LogP contribution in [0.1, 0.15) is 159 Å². The van der Waals surface area contributed by atoms with Gasteiger partial charge in [-0.3, -0.25) is 9.59 Å². The minimum atomic E-state index is -0.691. The SMILES string of the molecule is CCCCC(Oc1ccc(C)cc1C)C(=O)Nc1cc(Cl)c(CC)c(Cl)c1O.CCCCCCCCCCCCCCCC(=O)Nc1cc(Cl)c(CC)c(Cl)c1O. The third kappa shape index (κ3) is 17.5. The Labute approximate surface area is 362 Å². The summed E-state index contributed by atoms with van der Waals surface area (Å²) >= 11 is 24.8. The molecule has 0 heterocycles. The second-order valence-corrected chi connectivity index (χ2v) is 16.4. The second-order valence-electron chi connectivity index (χ2n) is 14.8. The van der Waals surface area contributed by atoms with Crippen LogP contribution in [-0.2, 0) is 22.4 Å². The number of amides is 2. The van der Waals surface area contributed by atoms with Gasteiger partial charge in [-0.05, 0) is 80.8 Å². The minimum Gasteiger partial charge on any atom is -0.504 e. The van der Waals surface area contributed by atoms with Crippen molar-refractivity contribution in [1.29, 1.82) is 0 Å². The van der Waals surface area contributed by atoms with Crippen LogP contribution in [0.15, 0.2) is 30.3 Å². The lowest BCUT2D eigenvalue weighted by molar-refractivity contribution is -0.123. The number of hydrogen-bond donors (Lipinski definition) is 4. The lowest BCUT2D eigenvalue weighted by Gasteiger charge is -2.21. The molecular weight excluding hydrogens is 802 g/mol. The Morgan fingerprint density at radius 3 is 1.54 bits per heavy atom. The van der Waals surface area contributed by atoms with Gasteiger partial charge in [0.1, 0.15) is 5.75 Å². The van der Waals surface area contributed by atoms with Crippen LogP contribution >= 0.6 is 46.4 Å². The monoisotopic (exact) mass is 866 g/mol. The number of nitrogens with one attached hydrogen (secondary N) is 2. The maximum Gasteiger partial charge on any atom is 0.265 e. The number of rotatable bonds is 24. The van der Waals surface area contributed by atoms with E-state index in [0.717, 1.165) is 36.8 Å². The summed E-state index contributed by atoms with van der Waals surface area (Å²) in [5.41, 5.74) is 3.91. The molecule has 7 nitrogen and oxygen atoms in total. The van der Waals surface area contributed by atoms with Crippen molar-refractivity contribution >= 4 is 69.6 Å². The molecule has 0 aromatic heterocycles. The van der Waals surface area contributed by atoms with Crippen molar-refractivity contribution in [3.8, 4) is 17.2 Å². The Bertz CT molecular complexity index is 1700. The predicted octanol–water partition coefficient (Wildman–Crippen LogP) is 15.1. The molecule has 0 radical (unpaired) electrons. The smallest absolute Gasteiger partial charge is 0.265 e. The first-order valence-corrected chi connectivity index (χ1v) is 22.5. The van der Waals surface area contributed by atoms with Gasteiger partial charge in [-0.1, -0.05) is 175 Å². The number of phenols is 2. The van der Waals surface area contributed by atoms with E-state index < -0.39 is 6.10 Å². The number of carbonyl (C=O) groups is 2. The average molecular weight is 869 g/mol. The summed E-state index contributed by atoms with van der Waals surface area (Å²) in [4.78, 5) is 25.0. The zero-order chi connectivity index (χ0) is 42.3. The van der Waals surface area contributed by atoms with Gasteiger partial charge in [0.2, 0.25) is 5.91 Å². The third-order valence-corrected chi connectivity index (χ3v) is 11.5. The Hall–Kier alpha value is -2.84. The molecule has 0 spiro atoms. The van der Waals surface area contributed by atoms with Crippen LogP contribution in [0, 0.1) is 13.8 Å². The summed E-state index contributed by atoms with van der Waals surface area (Å²) < 4.78 is 6.02. The topological polar surface area (TPSA) is 108 Å². The van der Waals surface area contributed by atoms with Crippen molar-refractivity contribution in [2.75, 3.05) is 10.6 Å². The van der Waals surface area contributed by atoms with Crippen molar-refractivity contribution in [3.05, 3.63) is 72.7 Å². The van der Waals surface area contributed by atoms with Crippen molar-refractivity contribution in [2.45, 2.75) is 170 Å². The average Bonchev–Trinajstić information content (AvgIpc) is 3.17. The van der Waals surface area contributed by atoms with Gasteiger partial charge in [-0.2, -0.15) is 0 Å². The number of hydrogen-bond acceptors (Lipinski definition) is 5. The molecule has 0 saturated carbocycles. The molecule has 2 amide bonds. The highest BCUT2D eigenvalue weighted by Crippen LogP contribution is 2.41. The van der Waals surface area contributed by atoms with E-state index >= 15 is 0 Å². The molecule has 0 fully saturated rings. The summed E-state index contributed by atoms with van der Waals surface area (Å²) in [6.07, 6.45) is 19.9. The molecule has 4 N–H and O–H groups in total. The van der Waals surface area contributed by atoms with Crippen LogP contribution in [-0.4, -0.2) is 28.1 Å². The normalized spacial score (nSPS) is 11.5. The van der Waals surface area contributed by atoms with E-state index in [4.69, 9.17) is 51.1 Å². The first-order chi connectivity index (χ1) is 27.3. The van der Waals surface area contributed by atoms with Crippen molar-refractivity contribution in [1.82, 2.24) is 0 Å². The lowest BCUT2D eigenvalue weighted by atomic mass is 10.0. The Kier molecular flexibility index (Phi) is 24.5. The fourth-order valence-electron chi connectivity index (χ4n) is 6.58. The molecule has 0 aliphatic rings. The predicted molar refractivity (Wildman–Crippen MR) is 242 cm³/mol. The minimum absolute atomic E-state index is 0.105. The largest absolute Gasteiger partial charge is 0.504 e. The molecular formula is C46H66Cl4N2O5. The van der Waals surface area contributed by atoms with E-state index in [0.29, 0.717) is 52.6 Å². The molecule has 0 aliphatic heterocycles. The van der Waals surface area contributed by atoms with Gasteiger partial charge in [0.05, 0.1) is 21.4 Å². The molecule has 0 bridgehead atoms. The van der Waals surface area contributed by atoms with Gasteiger partial charge in [-0.25, -0.2) is 0 Å². The van der Waals surface area contributed by atoms with Gasteiger partial charge < -0.3 is 25.6 Å². The molecule has 3 aromatic carbocycles. The summed E-state index contributed by atoms with van der Waals surface area (Å²) in [6, 6.07) is 8.93. The Balaban J connectivity index is 0.000000394. The number of ether oxygens (including phenoxy) is 1. The summed E-state index contributed by atoms with van der Waals surface area (Å²) in [5, 5.41) is 27.2. The van der Waals surface area contributed by atoms with Crippen LogP contribution in [0.3, 0.4) is 0 Å². The fourth-order valence-corrected chi connectivity index (χ4v) is 8.03. The quantitative estimate of drug-likeness (QED) is 0.0530. The number of unbranched alkanes of at least 4 members (excludes halogenated alkanes) is 13. The van der Waals surface area contributed by atoms with Crippen LogP contribution in [0.5, 0.6) is 17.2 Å². The summed E-state index contributed by atoms with van der Waals surface area (Å²) in [7, 11) is 0. The van der Waals surface area contributed by atoms with Crippen molar-refractivity contribution in [3.63, 3.8) is 0 Å². The molecule has 11 heteroatoms. The lowest BCUT2D eigenvalue weighted by Crippen LogP contribution is -2.33. The molecule has 1 atom stereocenters. The maximum atomic E-state index is 12.9. The molecule has 0 saturated heterocycles. The number of aromatic hydroxyl groups is 2. The Morgan fingerprint density at radius 1 is 0.632 bits per heavy atom. The number of halogens is 4. The molecule has 3 rings (SSSR count). The zero-order valence-corrected chi connectivity index (χ0v) is 38.1. The number of benzene rings is 3. The third-order valence-electron chi connectivity index (χ3n) is 10.0. The maximum absolute atomic E-state index is 12.9. The van der Waals surface area contributed by atoms with Gasteiger partial charge in [0.25, 0.3) is 5.91 Å². The Morgan fingerprint density at radius 2 is 1.09 bits per heavy atom. The standard InChI is InChI=1S/C24H39Cl2NO2.C22H27Cl2NO3/c1-3-5-6-7-8-9-10-11-12-13-14-15-16-17-22(28)27-21-18-20(25)19(4-2)23(26)24(21)29;1-5-7-8-19(28-18-10-9-13(3)11-14(18)4)22(27)25-17-12-16(23)15(6-2)20(24)21(17)26/h18,29H,3-17H2,1-2H3,(H,27,28);9-12,19,26H,5-8H2,1-4H3,(H,25,27). The molecule has 3 aromatic rings. The van der Waals surface area contributed by atoms with E-state index in [-0.39, 0.29) is 44.7 Å². The van der Waals surface area contributed by atoms with Gasteiger partial charge >= 0.3 is 0 Å². The second kappa shape index (κ2) is 27.8. The van der Waals surface area contributed by atoms with Gasteiger partial charge in [-0.15, -0.1) is 0 Å². The van der Waals surface area contributed by atoms with E-state index in [9.17, 15) is 19.8 Å². The van der Waals surface area contributed by atoms with E-state index in [2.05, 4.69) is 24.5 Å². The van der Waals surface area contributed by atoms with Crippen LogP contribution in [0.25, 0.3) is 0 Å². The number of phenolic OH excluding ortho intramolecular Hbond substituents is 2. The van der Waals surface area contributed by atoms with Crippen molar-refractivity contribution < 1.29 is 24.5 Å². The van der Waals surface area contributed by atoms with Crippen LogP contribution < -0.4 is 15.4 Å².